The Morgan fingerprint density at radius 1 is 1.27 bits per heavy atom. The minimum atomic E-state index is -0.678. The smallest absolute Gasteiger partial charge is 0.361 e. The van der Waals surface area contributed by atoms with E-state index in [1.165, 1.54) is 18.6 Å². The van der Waals surface area contributed by atoms with E-state index in [-0.39, 0.29) is 16.6 Å². The number of hydrogen-bond donors (Lipinski definition) is 1. The van der Waals surface area contributed by atoms with Gasteiger partial charge in [0, 0.05) is 0 Å². The molecule has 0 saturated carbocycles. The van der Waals surface area contributed by atoms with Gasteiger partial charge in [-0.15, -0.1) is 0 Å². The summed E-state index contributed by atoms with van der Waals surface area (Å²) in [6, 6.07) is 0. The topological polar surface area (TPSA) is 74.3 Å². The van der Waals surface area contributed by atoms with Crippen LogP contribution in [0.4, 0.5) is 0 Å². The van der Waals surface area contributed by atoms with Gasteiger partial charge >= 0.3 is 11.9 Å². The van der Waals surface area contributed by atoms with Crippen LogP contribution in [0.3, 0.4) is 0 Å². The molecule has 6 nitrogen and oxygen atoms in total. The summed E-state index contributed by atoms with van der Waals surface area (Å²) >= 11 is 0. The van der Waals surface area contributed by atoms with Crippen LogP contribution in [-0.4, -0.2) is 31.3 Å². The summed E-state index contributed by atoms with van der Waals surface area (Å²) in [4.78, 5) is 22.6. The second kappa shape index (κ2) is 3.95. The van der Waals surface area contributed by atoms with Crippen molar-refractivity contribution < 1.29 is 23.4 Å². The van der Waals surface area contributed by atoms with E-state index in [9.17, 15) is 9.59 Å². The van der Waals surface area contributed by atoms with Gasteiger partial charge in [0.2, 0.25) is 11.0 Å². The summed E-state index contributed by atoms with van der Waals surface area (Å²) in [7, 11) is 2.42. The van der Waals surface area contributed by atoms with Gasteiger partial charge in [0.1, 0.15) is 0 Å². The second-order valence-electron chi connectivity index (χ2n) is 2.72. The highest BCUT2D eigenvalue weighted by Crippen LogP contribution is 2.01. The molecule has 15 heavy (non-hydrogen) atoms. The summed E-state index contributed by atoms with van der Waals surface area (Å²) in [5, 5.41) is 2.80. The van der Waals surface area contributed by atoms with Gasteiger partial charge in [-0.2, -0.15) is 5.10 Å². The molecule has 6 heteroatoms. The molecule has 0 unspecified atom stereocenters. The number of esters is 2. The predicted molar refractivity (Wildman–Crippen MR) is 49.6 cm³/mol. The third-order valence-electron chi connectivity index (χ3n) is 1.89. The second-order valence-corrected chi connectivity index (χ2v) is 2.72. The van der Waals surface area contributed by atoms with Crippen LogP contribution >= 0.6 is 0 Å². The van der Waals surface area contributed by atoms with Crippen LogP contribution in [0, 0.1) is 6.72 Å². The van der Waals surface area contributed by atoms with Crippen molar-refractivity contribution in [2.24, 2.45) is 0 Å². The van der Waals surface area contributed by atoms with Crippen LogP contribution in [0.5, 0.6) is 0 Å². The fourth-order valence-corrected chi connectivity index (χ4v) is 1.11. The van der Waals surface area contributed by atoms with Crippen LogP contribution in [0.15, 0.2) is 0 Å². The zero-order valence-electron chi connectivity index (χ0n) is 8.49. The lowest BCUT2D eigenvalue weighted by Gasteiger charge is -1.96. The van der Waals surface area contributed by atoms with E-state index in [4.69, 9.17) is 0 Å². The summed E-state index contributed by atoms with van der Waals surface area (Å²) < 4.78 is 10.2. The van der Waals surface area contributed by atoms with Gasteiger partial charge in [-0.3, -0.25) is 0 Å². The zero-order valence-corrected chi connectivity index (χ0v) is 8.49. The number of carbonyl (C=O) groups excluding carboxylic acids is 2. The van der Waals surface area contributed by atoms with Gasteiger partial charge in [-0.05, 0) is 6.58 Å². The highest BCUT2D eigenvalue weighted by atomic mass is 16.5. The van der Waals surface area contributed by atoms with Gasteiger partial charge < -0.3 is 9.47 Å². The lowest BCUT2D eigenvalue weighted by Crippen LogP contribution is -2.35. The van der Waals surface area contributed by atoms with Crippen molar-refractivity contribution in [2.45, 2.75) is 0 Å². The molecule has 0 bridgehead atoms. The normalized spacial score (nSPS) is 9.73. The van der Waals surface area contributed by atoms with Crippen LogP contribution in [0.25, 0.3) is 6.58 Å². The Labute approximate surface area is 85.4 Å². The SMILES string of the molecule is C=c1c(C(=O)OC)c(C(=O)OC)[nH][n+]1=C. The average molecular weight is 211 g/mol. The van der Waals surface area contributed by atoms with E-state index in [0.717, 1.165) is 0 Å². The number of methoxy groups -OCH3 is 2. The van der Waals surface area contributed by atoms with Gasteiger partial charge in [0.25, 0.3) is 0 Å². The number of H-pyrrole nitrogens is 1. The van der Waals surface area contributed by atoms with Crippen LogP contribution in [0.2, 0.25) is 0 Å². The first-order chi connectivity index (χ1) is 7.02. The molecule has 0 aliphatic heterocycles. The van der Waals surface area contributed by atoms with Crippen molar-refractivity contribution in [1.82, 2.24) is 5.10 Å². The van der Waals surface area contributed by atoms with E-state index >= 15 is 0 Å². The summed E-state index contributed by atoms with van der Waals surface area (Å²) in [6.45, 7) is 7.10. The first-order valence-corrected chi connectivity index (χ1v) is 4.00. The van der Waals surface area contributed by atoms with Gasteiger partial charge in [-0.25, -0.2) is 9.59 Å². The monoisotopic (exact) mass is 211 g/mol. The molecule has 0 aliphatic carbocycles. The van der Waals surface area contributed by atoms with Crippen LogP contribution in [0.1, 0.15) is 20.8 Å². The zero-order chi connectivity index (χ0) is 11.6. The standard InChI is InChI=1S/C9H10N2O4/c1-5-6(8(12)14-3)7(9(13)15-4)10-11(5)2/h1-2H2,3-4H3/p+1. The maximum absolute atomic E-state index is 11.4. The molecule has 80 valence electrons. The number of nitrogens with zero attached hydrogens (tertiary/aromatic N) is 1. The molecule has 1 aromatic heterocycles. The fourth-order valence-electron chi connectivity index (χ4n) is 1.11. The minimum absolute atomic E-state index is 0.0237. The van der Waals surface area contributed by atoms with Crippen molar-refractivity contribution in [3.8, 4) is 0 Å². The molecule has 0 spiro atoms. The summed E-state index contributed by atoms with van der Waals surface area (Å²) in [6.07, 6.45) is 0. The maximum Gasteiger partial charge on any atom is 0.361 e. The van der Waals surface area contributed by atoms with E-state index in [1.54, 1.807) is 0 Å². The van der Waals surface area contributed by atoms with Crippen molar-refractivity contribution >= 4 is 18.5 Å². The lowest BCUT2D eigenvalue weighted by atomic mass is 10.2. The Morgan fingerprint density at radius 3 is 2.27 bits per heavy atom. The van der Waals surface area contributed by atoms with E-state index < -0.39 is 11.9 Å². The number of carbonyl (C=O) groups is 2. The first kappa shape index (κ1) is 11.0. The summed E-state index contributed by atoms with van der Waals surface area (Å²) in [5.41, 5.74) is 0.00343. The van der Waals surface area contributed by atoms with E-state index in [1.807, 2.05) is 0 Å². The molecule has 0 aromatic carbocycles. The predicted octanol–water partition coefficient (Wildman–Crippen LogP) is -1.07. The van der Waals surface area contributed by atoms with Gasteiger partial charge in [0.05, 0.1) is 14.2 Å². The Bertz CT molecular complexity index is 503. The molecular formula is C9H11N2O4+. The molecule has 0 atom stereocenters. The Kier molecular flexibility index (Phi) is 2.89. The molecule has 1 aromatic rings. The number of nitrogens with one attached hydrogen (secondary N) is 1. The van der Waals surface area contributed by atoms with Crippen molar-refractivity contribution in [1.29, 1.82) is 0 Å². The van der Waals surface area contributed by atoms with Crippen molar-refractivity contribution in [3.63, 3.8) is 0 Å². The molecule has 0 aliphatic rings. The van der Waals surface area contributed by atoms with Crippen molar-refractivity contribution in [2.75, 3.05) is 14.2 Å². The summed E-state index contributed by atoms with van der Waals surface area (Å²) in [5.74, 6) is -1.35. The third kappa shape index (κ3) is 1.74. The Morgan fingerprint density at radius 2 is 1.80 bits per heavy atom. The van der Waals surface area contributed by atoms with E-state index in [2.05, 4.69) is 27.9 Å². The lowest BCUT2D eigenvalue weighted by molar-refractivity contribution is -0.576. The van der Waals surface area contributed by atoms with Crippen LogP contribution in [-0.2, 0) is 9.47 Å². The molecule has 0 saturated heterocycles. The van der Waals surface area contributed by atoms with Gasteiger partial charge in [0.15, 0.2) is 12.3 Å². The maximum atomic E-state index is 11.4. The molecule has 0 amide bonds. The average Bonchev–Trinajstić information content (AvgIpc) is 2.53. The number of aromatic nitrogens is 2. The third-order valence-corrected chi connectivity index (χ3v) is 1.89. The van der Waals surface area contributed by atoms with Crippen molar-refractivity contribution in [3.05, 3.63) is 23.3 Å². The molecule has 0 radical (unpaired) electrons. The van der Waals surface area contributed by atoms with Gasteiger partial charge in [-0.1, -0.05) is 4.36 Å². The highest BCUT2D eigenvalue weighted by molar-refractivity contribution is 6.01. The molecule has 1 rings (SSSR count). The van der Waals surface area contributed by atoms with Crippen LogP contribution < -0.4 is 9.71 Å². The minimum Gasteiger partial charge on any atom is -0.465 e. The Balaban J connectivity index is 3.47. The Hall–Kier alpha value is -2.11. The number of rotatable bonds is 2. The fraction of sp³-hybridized carbons (Fsp3) is 0.222. The molecular weight excluding hydrogens is 200 g/mol. The molecule has 1 heterocycles. The van der Waals surface area contributed by atoms with E-state index in [0.29, 0.717) is 0 Å². The number of ether oxygens (including phenoxy) is 2. The number of hydrogen-bond acceptors (Lipinski definition) is 4. The number of aromatic amines is 1. The largest absolute Gasteiger partial charge is 0.465 e. The first-order valence-electron chi connectivity index (χ1n) is 4.00. The quantitative estimate of drug-likeness (QED) is 0.499. The highest BCUT2D eigenvalue weighted by Gasteiger charge is 2.27. The molecule has 0 fully saturated rings. The molecule has 1 N–H and O–H groups in total.